The van der Waals surface area contributed by atoms with Crippen molar-refractivity contribution in [1.29, 1.82) is 0 Å². The van der Waals surface area contributed by atoms with E-state index < -0.39 is 5.97 Å². The Balaban J connectivity index is 1.99. The first-order valence-electron chi connectivity index (χ1n) is 9.71. The smallest absolute Gasteiger partial charge is 0.343 e. The normalized spacial score (nSPS) is 10.5. The lowest BCUT2D eigenvalue weighted by molar-refractivity contribution is 0.0734. The third kappa shape index (κ3) is 7.14. The second-order valence-electron chi connectivity index (χ2n) is 6.35. The minimum absolute atomic E-state index is 0.272. The highest BCUT2D eigenvalue weighted by Gasteiger charge is 2.18. The Morgan fingerprint density at radius 2 is 1.71 bits per heavy atom. The Morgan fingerprint density at radius 1 is 1.06 bits per heavy atom. The first-order valence-corrected chi connectivity index (χ1v) is 10.1. The van der Waals surface area contributed by atoms with Crippen LogP contribution in [0.1, 0.15) is 35.7 Å². The number of hydrogen-bond donors (Lipinski definition) is 2. The van der Waals surface area contributed by atoms with Crippen LogP contribution in [-0.4, -0.2) is 45.2 Å². The van der Waals surface area contributed by atoms with Crippen LogP contribution in [0.2, 0.25) is 0 Å². The number of methoxy groups -OCH3 is 3. The number of benzene rings is 2. The highest BCUT2D eigenvalue weighted by atomic mass is 32.1. The lowest BCUT2D eigenvalue weighted by Crippen LogP contribution is -2.32. The lowest BCUT2D eigenvalue weighted by atomic mass is 10.2. The van der Waals surface area contributed by atoms with E-state index in [1.54, 1.807) is 30.5 Å². The molecule has 0 aliphatic heterocycles. The number of hydrogen-bond acceptors (Lipinski definition) is 7. The predicted octanol–water partition coefficient (Wildman–Crippen LogP) is 3.53. The summed E-state index contributed by atoms with van der Waals surface area (Å²) in [6, 6.07) is 9.97. The first kappa shape index (κ1) is 23.9. The molecule has 2 aromatic carbocycles. The van der Waals surface area contributed by atoms with Crippen molar-refractivity contribution in [3.8, 4) is 23.0 Å². The van der Waals surface area contributed by atoms with Gasteiger partial charge in [-0.3, -0.25) is 5.43 Å². The summed E-state index contributed by atoms with van der Waals surface area (Å²) >= 11 is 5.13. The summed E-state index contributed by atoms with van der Waals surface area (Å²) in [7, 11) is 4.46. The molecule has 0 radical (unpaired) electrons. The van der Waals surface area contributed by atoms with E-state index in [0.29, 0.717) is 28.1 Å². The van der Waals surface area contributed by atoms with E-state index in [4.69, 9.17) is 31.2 Å². The average Bonchev–Trinajstić information content (AvgIpc) is 2.79. The lowest BCUT2D eigenvalue weighted by Gasteiger charge is -2.13. The molecule has 0 saturated carbocycles. The van der Waals surface area contributed by atoms with Crippen LogP contribution in [0.5, 0.6) is 23.0 Å². The molecule has 0 spiro atoms. The Hall–Kier alpha value is -3.33. The fraction of sp³-hybridized carbons (Fsp3) is 0.318. The number of hydrazone groups is 1. The maximum Gasteiger partial charge on any atom is 0.343 e. The van der Waals surface area contributed by atoms with Gasteiger partial charge >= 0.3 is 5.97 Å². The Morgan fingerprint density at radius 3 is 2.26 bits per heavy atom. The van der Waals surface area contributed by atoms with Crippen LogP contribution >= 0.6 is 12.2 Å². The molecule has 0 atom stereocenters. The molecule has 0 amide bonds. The SMILES string of the molecule is CCCCNC(=S)NN=Cc1ccc(OC(=O)c2cc(OC)c(OC)c(OC)c2)cc1. The van der Waals surface area contributed by atoms with Crippen molar-refractivity contribution in [2.45, 2.75) is 19.8 Å². The first-order chi connectivity index (χ1) is 15.0. The van der Waals surface area contributed by atoms with Crippen molar-refractivity contribution in [2.75, 3.05) is 27.9 Å². The summed E-state index contributed by atoms with van der Waals surface area (Å²) < 4.78 is 21.2. The maximum atomic E-state index is 12.6. The molecule has 9 heteroatoms. The summed E-state index contributed by atoms with van der Waals surface area (Å²) in [5.41, 5.74) is 3.85. The summed E-state index contributed by atoms with van der Waals surface area (Å²) in [4.78, 5) is 12.6. The van der Waals surface area contributed by atoms with E-state index in [9.17, 15) is 4.79 Å². The molecule has 0 heterocycles. The van der Waals surface area contributed by atoms with Crippen molar-refractivity contribution < 1.29 is 23.7 Å². The van der Waals surface area contributed by atoms with Crippen molar-refractivity contribution >= 4 is 29.5 Å². The summed E-state index contributed by atoms with van der Waals surface area (Å²) in [5.74, 6) is 0.982. The Kier molecular flexibility index (Phi) is 9.57. The predicted molar refractivity (Wildman–Crippen MR) is 124 cm³/mol. The van der Waals surface area contributed by atoms with E-state index in [1.807, 2.05) is 0 Å². The molecule has 0 aromatic heterocycles. The third-order valence-corrected chi connectivity index (χ3v) is 4.42. The van der Waals surface area contributed by atoms with Crippen LogP contribution in [0.4, 0.5) is 0 Å². The number of unbranched alkanes of at least 4 members (excludes halogenated alkanes) is 1. The van der Waals surface area contributed by atoms with Gasteiger partial charge in [0.1, 0.15) is 5.75 Å². The topological polar surface area (TPSA) is 90.4 Å². The molecule has 31 heavy (non-hydrogen) atoms. The molecule has 0 aliphatic carbocycles. The fourth-order valence-corrected chi connectivity index (χ4v) is 2.73. The summed E-state index contributed by atoms with van der Waals surface area (Å²) in [5, 5.41) is 7.62. The number of carbonyl (C=O) groups excluding carboxylic acids is 1. The second kappa shape index (κ2) is 12.4. The van der Waals surface area contributed by atoms with Crippen molar-refractivity contribution in [2.24, 2.45) is 5.10 Å². The number of rotatable bonds is 10. The Labute approximate surface area is 187 Å². The zero-order valence-corrected chi connectivity index (χ0v) is 18.9. The van der Waals surface area contributed by atoms with E-state index in [2.05, 4.69) is 22.8 Å². The van der Waals surface area contributed by atoms with Crippen LogP contribution in [0.25, 0.3) is 0 Å². The van der Waals surface area contributed by atoms with E-state index in [-0.39, 0.29) is 5.56 Å². The minimum Gasteiger partial charge on any atom is -0.493 e. The number of ether oxygens (including phenoxy) is 4. The van der Waals surface area contributed by atoms with Gasteiger partial charge in [0.2, 0.25) is 5.75 Å². The molecule has 0 bridgehead atoms. The van der Waals surface area contributed by atoms with Gasteiger partial charge < -0.3 is 24.3 Å². The molecule has 0 aliphatic rings. The van der Waals surface area contributed by atoms with Crippen molar-refractivity contribution in [1.82, 2.24) is 10.7 Å². The van der Waals surface area contributed by atoms with Gasteiger partial charge in [-0.2, -0.15) is 5.10 Å². The highest BCUT2D eigenvalue weighted by Crippen LogP contribution is 2.38. The zero-order valence-electron chi connectivity index (χ0n) is 18.1. The van der Waals surface area contributed by atoms with Gasteiger partial charge in [-0.25, -0.2) is 4.79 Å². The van der Waals surface area contributed by atoms with Gasteiger partial charge in [0.25, 0.3) is 0 Å². The van der Waals surface area contributed by atoms with Gasteiger partial charge in [0.05, 0.1) is 33.1 Å². The monoisotopic (exact) mass is 445 g/mol. The standard InChI is InChI=1S/C22H27N3O5S/c1-5-6-11-23-22(31)25-24-14-15-7-9-17(10-8-15)30-21(26)16-12-18(27-2)20(29-4)19(13-16)28-3/h7-10,12-14H,5-6,11H2,1-4H3,(H2,23,25,31). The molecule has 0 saturated heterocycles. The number of thiocarbonyl (C=S) groups is 1. The van der Waals surface area contributed by atoms with Crippen LogP contribution < -0.4 is 29.7 Å². The minimum atomic E-state index is -0.550. The quantitative estimate of drug-likeness (QED) is 0.143. The molecular weight excluding hydrogens is 418 g/mol. The number of carbonyl (C=O) groups is 1. The molecule has 0 fully saturated rings. The van der Waals surface area contributed by atoms with E-state index in [1.165, 1.54) is 33.5 Å². The van der Waals surface area contributed by atoms with Gasteiger partial charge in [-0.1, -0.05) is 13.3 Å². The van der Waals surface area contributed by atoms with Gasteiger partial charge in [0, 0.05) is 6.54 Å². The highest BCUT2D eigenvalue weighted by molar-refractivity contribution is 7.80. The van der Waals surface area contributed by atoms with Gasteiger partial charge in [-0.05, 0) is 60.6 Å². The molecule has 166 valence electrons. The molecule has 2 aromatic rings. The largest absolute Gasteiger partial charge is 0.493 e. The summed E-state index contributed by atoms with van der Waals surface area (Å²) in [6.07, 6.45) is 3.76. The number of nitrogens with zero attached hydrogens (tertiary/aromatic N) is 1. The number of nitrogens with one attached hydrogen (secondary N) is 2. The van der Waals surface area contributed by atoms with E-state index in [0.717, 1.165) is 24.9 Å². The van der Waals surface area contributed by atoms with Crippen molar-refractivity contribution in [3.63, 3.8) is 0 Å². The van der Waals surface area contributed by atoms with Crippen molar-refractivity contribution in [3.05, 3.63) is 47.5 Å². The van der Waals surface area contributed by atoms with Gasteiger partial charge in [-0.15, -0.1) is 0 Å². The second-order valence-corrected chi connectivity index (χ2v) is 6.76. The third-order valence-electron chi connectivity index (χ3n) is 4.19. The summed E-state index contributed by atoms with van der Waals surface area (Å²) in [6.45, 7) is 2.92. The van der Waals surface area contributed by atoms with Crippen LogP contribution in [0.3, 0.4) is 0 Å². The number of esters is 1. The van der Waals surface area contributed by atoms with E-state index >= 15 is 0 Å². The molecule has 8 nitrogen and oxygen atoms in total. The van der Waals surface area contributed by atoms with Crippen LogP contribution in [0.15, 0.2) is 41.5 Å². The molecule has 2 N–H and O–H groups in total. The Bertz CT molecular complexity index is 891. The van der Waals surface area contributed by atoms with Crippen LogP contribution in [-0.2, 0) is 0 Å². The molecule has 2 rings (SSSR count). The van der Waals surface area contributed by atoms with Gasteiger partial charge in [0.15, 0.2) is 16.6 Å². The molecular formula is C22H27N3O5S. The maximum absolute atomic E-state index is 12.6. The van der Waals surface area contributed by atoms with Crippen LogP contribution in [0, 0.1) is 0 Å². The average molecular weight is 446 g/mol. The zero-order chi connectivity index (χ0) is 22.6. The molecule has 0 unspecified atom stereocenters. The fourth-order valence-electron chi connectivity index (χ4n) is 2.57.